The Morgan fingerprint density at radius 3 is 2.93 bits per heavy atom. The van der Waals surface area contributed by atoms with Crippen LogP contribution in [0.15, 0.2) is 0 Å². The average molecular weight is 200 g/mol. The molecule has 14 heavy (non-hydrogen) atoms. The number of aliphatic hydroxyl groups excluding tert-OH is 1. The summed E-state index contributed by atoms with van der Waals surface area (Å²) < 4.78 is 0. The first-order chi connectivity index (χ1) is 6.70. The van der Waals surface area contributed by atoms with Crippen LogP contribution in [0.2, 0.25) is 0 Å². The monoisotopic (exact) mass is 200 g/mol. The first-order valence-electron chi connectivity index (χ1n) is 5.37. The van der Waals surface area contributed by atoms with Crippen LogP contribution in [-0.4, -0.2) is 41.1 Å². The van der Waals surface area contributed by atoms with E-state index in [0.29, 0.717) is 6.42 Å². The molecule has 1 rings (SSSR count). The number of aliphatic hydroxyl groups is 1. The molecule has 1 aliphatic rings. The average Bonchev–Trinajstić information content (AvgIpc) is 2.26. The molecule has 1 aliphatic heterocycles. The molecule has 2 atom stereocenters. The number of hydrogen-bond acceptors (Lipinski definition) is 3. The smallest absolute Gasteiger partial charge is 0.239 e. The lowest BCUT2D eigenvalue weighted by atomic mass is 10.0. The van der Waals surface area contributed by atoms with Gasteiger partial charge in [-0.2, -0.15) is 0 Å². The second kappa shape index (κ2) is 5.32. The number of nitrogens with zero attached hydrogens (tertiary/aromatic N) is 1. The molecule has 82 valence electrons. The van der Waals surface area contributed by atoms with Crippen molar-refractivity contribution in [1.82, 2.24) is 4.90 Å². The van der Waals surface area contributed by atoms with Gasteiger partial charge in [-0.3, -0.25) is 4.79 Å². The van der Waals surface area contributed by atoms with Crippen LogP contribution >= 0.6 is 0 Å². The van der Waals surface area contributed by atoms with Crippen LogP contribution in [0.4, 0.5) is 0 Å². The number of piperidine rings is 1. The van der Waals surface area contributed by atoms with E-state index in [-0.39, 0.29) is 18.6 Å². The number of carbonyl (C=O) groups excluding carboxylic acids is 1. The van der Waals surface area contributed by atoms with Gasteiger partial charge >= 0.3 is 0 Å². The number of carbonyl (C=O) groups is 1. The first kappa shape index (κ1) is 11.5. The van der Waals surface area contributed by atoms with E-state index in [1.54, 1.807) is 4.90 Å². The summed E-state index contributed by atoms with van der Waals surface area (Å²) >= 11 is 0. The maximum Gasteiger partial charge on any atom is 0.239 e. The van der Waals surface area contributed by atoms with Crippen molar-refractivity contribution in [3.63, 3.8) is 0 Å². The van der Waals surface area contributed by atoms with Crippen molar-refractivity contribution in [1.29, 1.82) is 0 Å². The van der Waals surface area contributed by atoms with Crippen LogP contribution < -0.4 is 5.73 Å². The summed E-state index contributed by atoms with van der Waals surface area (Å²) in [4.78, 5) is 13.5. The number of rotatable bonds is 3. The molecule has 4 nitrogen and oxygen atoms in total. The quantitative estimate of drug-likeness (QED) is 0.679. The molecular weight excluding hydrogens is 180 g/mol. The Kier molecular flexibility index (Phi) is 4.35. The predicted molar refractivity (Wildman–Crippen MR) is 54.7 cm³/mol. The molecule has 0 aromatic carbocycles. The van der Waals surface area contributed by atoms with E-state index >= 15 is 0 Å². The molecule has 0 radical (unpaired) electrons. The van der Waals surface area contributed by atoms with Gasteiger partial charge < -0.3 is 15.7 Å². The molecule has 0 saturated carbocycles. The Balaban J connectivity index is 2.58. The zero-order chi connectivity index (χ0) is 10.6. The molecule has 3 N–H and O–H groups in total. The Labute approximate surface area is 85.1 Å². The third-order valence-electron chi connectivity index (χ3n) is 2.88. The highest BCUT2D eigenvalue weighted by atomic mass is 16.3. The Hall–Kier alpha value is -0.610. The molecule has 0 spiro atoms. The van der Waals surface area contributed by atoms with E-state index in [1.165, 1.54) is 0 Å². The van der Waals surface area contributed by atoms with E-state index in [1.807, 2.05) is 6.92 Å². The van der Waals surface area contributed by atoms with E-state index in [4.69, 9.17) is 10.8 Å². The van der Waals surface area contributed by atoms with Crippen LogP contribution in [0, 0.1) is 0 Å². The minimum Gasteiger partial charge on any atom is -0.394 e. The molecule has 1 unspecified atom stereocenters. The second-order valence-corrected chi connectivity index (χ2v) is 3.88. The summed E-state index contributed by atoms with van der Waals surface area (Å²) in [5, 5.41) is 9.13. The number of likely N-dealkylation sites (tertiary alicyclic amines) is 1. The molecule has 1 heterocycles. The fourth-order valence-electron chi connectivity index (χ4n) is 1.87. The van der Waals surface area contributed by atoms with Gasteiger partial charge in [0.05, 0.1) is 18.7 Å². The van der Waals surface area contributed by atoms with Gasteiger partial charge in [-0.1, -0.05) is 6.92 Å². The van der Waals surface area contributed by atoms with Gasteiger partial charge in [0.1, 0.15) is 0 Å². The number of nitrogens with two attached hydrogens (primary N) is 1. The molecule has 1 amide bonds. The summed E-state index contributed by atoms with van der Waals surface area (Å²) in [5.41, 5.74) is 5.69. The van der Waals surface area contributed by atoms with Gasteiger partial charge in [-0.15, -0.1) is 0 Å². The molecule has 0 aliphatic carbocycles. The van der Waals surface area contributed by atoms with Crippen molar-refractivity contribution in [2.24, 2.45) is 5.73 Å². The van der Waals surface area contributed by atoms with Gasteiger partial charge in [0.2, 0.25) is 5.91 Å². The van der Waals surface area contributed by atoms with E-state index in [2.05, 4.69) is 0 Å². The van der Waals surface area contributed by atoms with Gasteiger partial charge in [-0.05, 0) is 25.7 Å². The normalized spacial score (nSPS) is 24.8. The van der Waals surface area contributed by atoms with E-state index in [9.17, 15) is 4.79 Å². The lowest BCUT2D eigenvalue weighted by Gasteiger charge is -2.36. The van der Waals surface area contributed by atoms with Crippen LogP contribution in [0.3, 0.4) is 0 Å². The van der Waals surface area contributed by atoms with Gasteiger partial charge in [0, 0.05) is 6.54 Å². The van der Waals surface area contributed by atoms with E-state index in [0.717, 1.165) is 25.8 Å². The standard InChI is InChI=1S/C10H20N2O2/c1-2-9(11)10(14)12-6-4-3-5-8(12)7-13/h8-9,13H,2-7,11H2,1H3/t8?,9-/m1/s1. The predicted octanol–water partition coefficient (Wildman–Crippen LogP) is 0.0971. The van der Waals surface area contributed by atoms with Crippen LogP contribution in [0.5, 0.6) is 0 Å². The molecule has 0 aromatic heterocycles. The van der Waals surface area contributed by atoms with Crippen molar-refractivity contribution >= 4 is 5.91 Å². The Bertz CT molecular complexity index is 197. The summed E-state index contributed by atoms with van der Waals surface area (Å²) in [7, 11) is 0. The third kappa shape index (κ3) is 2.45. The lowest BCUT2D eigenvalue weighted by Crippen LogP contribution is -2.51. The molecule has 0 bridgehead atoms. The first-order valence-corrected chi connectivity index (χ1v) is 5.37. The Morgan fingerprint density at radius 2 is 2.36 bits per heavy atom. The molecule has 1 fully saturated rings. The maximum atomic E-state index is 11.8. The van der Waals surface area contributed by atoms with Crippen molar-refractivity contribution in [2.75, 3.05) is 13.2 Å². The number of hydrogen-bond donors (Lipinski definition) is 2. The van der Waals surface area contributed by atoms with Crippen LogP contribution in [0.25, 0.3) is 0 Å². The van der Waals surface area contributed by atoms with Crippen molar-refractivity contribution in [3.8, 4) is 0 Å². The minimum atomic E-state index is -0.401. The van der Waals surface area contributed by atoms with Gasteiger partial charge in [0.25, 0.3) is 0 Å². The maximum absolute atomic E-state index is 11.8. The highest BCUT2D eigenvalue weighted by molar-refractivity contribution is 5.82. The summed E-state index contributed by atoms with van der Waals surface area (Å²) in [6.07, 6.45) is 3.68. The van der Waals surface area contributed by atoms with Gasteiger partial charge in [-0.25, -0.2) is 0 Å². The highest BCUT2D eigenvalue weighted by Gasteiger charge is 2.28. The summed E-state index contributed by atoms with van der Waals surface area (Å²) in [5.74, 6) is -0.00810. The zero-order valence-corrected chi connectivity index (χ0v) is 8.78. The fraction of sp³-hybridized carbons (Fsp3) is 0.900. The summed E-state index contributed by atoms with van der Waals surface area (Å²) in [6.45, 7) is 2.71. The zero-order valence-electron chi connectivity index (χ0n) is 8.78. The minimum absolute atomic E-state index is 0.00569. The molecular formula is C10H20N2O2. The second-order valence-electron chi connectivity index (χ2n) is 3.88. The lowest BCUT2D eigenvalue weighted by molar-refractivity contribution is -0.137. The molecule has 1 saturated heterocycles. The summed E-state index contributed by atoms with van der Waals surface area (Å²) in [6, 6.07) is -0.406. The van der Waals surface area contributed by atoms with E-state index < -0.39 is 6.04 Å². The Morgan fingerprint density at radius 1 is 1.64 bits per heavy atom. The topological polar surface area (TPSA) is 66.6 Å². The largest absolute Gasteiger partial charge is 0.394 e. The van der Waals surface area contributed by atoms with Gasteiger partial charge in [0.15, 0.2) is 0 Å². The fourth-order valence-corrected chi connectivity index (χ4v) is 1.87. The molecule has 0 aromatic rings. The SMILES string of the molecule is CC[C@@H](N)C(=O)N1CCCCC1CO. The van der Waals surface area contributed by atoms with Crippen molar-refractivity contribution in [3.05, 3.63) is 0 Å². The third-order valence-corrected chi connectivity index (χ3v) is 2.88. The van der Waals surface area contributed by atoms with Crippen molar-refractivity contribution < 1.29 is 9.90 Å². The van der Waals surface area contributed by atoms with Crippen LogP contribution in [-0.2, 0) is 4.79 Å². The number of amides is 1. The highest BCUT2D eigenvalue weighted by Crippen LogP contribution is 2.17. The van der Waals surface area contributed by atoms with Crippen molar-refractivity contribution in [2.45, 2.75) is 44.7 Å². The molecule has 4 heteroatoms. The van der Waals surface area contributed by atoms with Crippen LogP contribution in [0.1, 0.15) is 32.6 Å².